The van der Waals surface area contributed by atoms with Crippen LogP contribution in [0.25, 0.3) is 27.6 Å². The lowest BCUT2D eigenvalue weighted by atomic mass is 10.1. The van der Waals surface area contributed by atoms with Crippen LogP contribution in [-0.4, -0.2) is 24.5 Å². The van der Waals surface area contributed by atoms with Crippen molar-refractivity contribution in [3.8, 4) is 5.69 Å². The van der Waals surface area contributed by atoms with E-state index in [9.17, 15) is 9.18 Å². The minimum absolute atomic E-state index is 0.0420. The van der Waals surface area contributed by atoms with Crippen LogP contribution in [-0.2, 0) is 0 Å². The lowest BCUT2D eigenvalue weighted by Crippen LogP contribution is -2.26. The molecule has 1 atom stereocenters. The highest BCUT2D eigenvalue weighted by Gasteiger charge is 2.22. The number of imidazole rings is 1. The minimum atomic E-state index is -0.689. The topological polar surface area (TPSA) is 88.5 Å². The van der Waals surface area contributed by atoms with Crippen molar-refractivity contribution in [2.24, 2.45) is 0 Å². The SMILES string of the molecule is C[C@@H](Nc1ncnc2[nH]cnc12)c1cc2ccc(F)c(Cl)c2c(=O)n1-c1cc(Cl)ccc1Cl. The maximum atomic E-state index is 14.2. The Balaban J connectivity index is 1.77. The number of anilines is 1. The molecule has 5 aromatic rings. The fourth-order valence-electron chi connectivity index (χ4n) is 3.73. The van der Waals surface area contributed by atoms with Gasteiger partial charge in [-0.05, 0) is 42.6 Å². The Labute approximate surface area is 201 Å². The maximum absolute atomic E-state index is 14.2. The van der Waals surface area contributed by atoms with Gasteiger partial charge in [-0.15, -0.1) is 0 Å². The summed E-state index contributed by atoms with van der Waals surface area (Å²) in [6, 6.07) is 8.79. The largest absolute Gasteiger partial charge is 0.360 e. The predicted molar refractivity (Wildman–Crippen MR) is 128 cm³/mol. The fraction of sp³-hybridized carbons (Fsp3) is 0.0909. The van der Waals surface area contributed by atoms with E-state index in [1.165, 1.54) is 29.4 Å². The zero-order valence-electron chi connectivity index (χ0n) is 16.9. The Bertz CT molecular complexity index is 1600. The Kier molecular flexibility index (Phi) is 5.44. The van der Waals surface area contributed by atoms with Crippen LogP contribution in [0.2, 0.25) is 15.1 Å². The van der Waals surface area contributed by atoms with Crippen LogP contribution < -0.4 is 10.9 Å². The van der Waals surface area contributed by atoms with Crippen molar-refractivity contribution < 1.29 is 4.39 Å². The van der Waals surface area contributed by atoms with Gasteiger partial charge in [0.15, 0.2) is 11.5 Å². The molecule has 166 valence electrons. The molecule has 0 unspecified atom stereocenters. The third-order valence-electron chi connectivity index (χ3n) is 5.27. The minimum Gasteiger partial charge on any atom is -0.360 e. The number of hydrogen-bond acceptors (Lipinski definition) is 5. The van der Waals surface area contributed by atoms with E-state index in [1.807, 2.05) is 6.92 Å². The van der Waals surface area contributed by atoms with E-state index in [-0.39, 0.29) is 10.4 Å². The van der Waals surface area contributed by atoms with Crippen LogP contribution in [0.15, 0.2) is 53.8 Å². The number of halogens is 4. The normalized spacial score (nSPS) is 12.4. The van der Waals surface area contributed by atoms with E-state index in [1.54, 1.807) is 24.3 Å². The number of pyridine rings is 1. The number of nitrogens with zero attached hydrogens (tertiary/aromatic N) is 4. The molecule has 5 rings (SSSR count). The average molecular weight is 504 g/mol. The van der Waals surface area contributed by atoms with Gasteiger partial charge in [0.2, 0.25) is 0 Å². The first kappa shape index (κ1) is 21.6. The highest BCUT2D eigenvalue weighted by Crippen LogP contribution is 2.32. The number of nitrogens with one attached hydrogen (secondary N) is 2. The van der Waals surface area contributed by atoms with E-state index in [4.69, 9.17) is 34.8 Å². The van der Waals surface area contributed by atoms with E-state index >= 15 is 0 Å². The lowest BCUT2D eigenvalue weighted by molar-refractivity contribution is 0.629. The van der Waals surface area contributed by atoms with Gasteiger partial charge in [-0.25, -0.2) is 19.3 Å². The van der Waals surface area contributed by atoms with Crippen LogP contribution in [0, 0.1) is 5.82 Å². The van der Waals surface area contributed by atoms with Gasteiger partial charge < -0.3 is 10.3 Å². The third kappa shape index (κ3) is 3.70. The number of H-pyrrole nitrogens is 1. The first-order valence-corrected chi connectivity index (χ1v) is 10.9. The molecule has 0 aliphatic carbocycles. The summed E-state index contributed by atoms with van der Waals surface area (Å²) in [6.45, 7) is 1.85. The summed E-state index contributed by atoms with van der Waals surface area (Å²) in [4.78, 5) is 29.2. The van der Waals surface area contributed by atoms with Gasteiger partial charge in [-0.3, -0.25) is 9.36 Å². The van der Waals surface area contributed by atoms with Crippen molar-refractivity contribution in [1.82, 2.24) is 24.5 Å². The highest BCUT2D eigenvalue weighted by molar-refractivity contribution is 6.36. The zero-order valence-corrected chi connectivity index (χ0v) is 19.2. The molecule has 0 aliphatic rings. The van der Waals surface area contributed by atoms with Gasteiger partial charge in [0.1, 0.15) is 17.7 Å². The van der Waals surface area contributed by atoms with Crippen LogP contribution >= 0.6 is 34.8 Å². The molecular weight excluding hydrogens is 490 g/mol. The molecule has 2 N–H and O–H groups in total. The molecule has 11 heteroatoms. The third-order valence-corrected chi connectivity index (χ3v) is 6.19. The second-order valence-electron chi connectivity index (χ2n) is 7.32. The Hall–Kier alpha value is -3.20. The number of fused-ring (bicyclic) bond motifs is 2. The summed E-state index contributed by atoms with van der Waals surface area (Å²) in [5.74, 6) is -0.215. The van der Waals surface area contributed by atoms with E-state index < -0.39 is 17.4 Å². The predicted octanol–water partition coefficient (Wildman–Crippen LogP) is 5.93. The average Bonchev–Trinajstić information content (AvgIpc) is 3.28. The smallest absolute Gasteiger partial charge is 0.264 e. The summed E-state index contributed by atoms with van der Waals surface area (Å²) in [5.41, 5.74) is 1.45. The highest BCUT2D eigenvalue weighted by atomic mass is 35.5. The Morgan fingerprint density at radius 3 is 2.73 bits per heavy atom. The van der Waals surface area contributed by atoms with Gasteiger partial charge in [0.05, 0.1) is 33.5 Å². The molecule has 0 saturated carbocycles. The van der Waals surface area contributed by atoms with Gasteiger partial charge in [-0.1, -0.05) is 40.9 Å². The van der Waals surface area contributed by atoms with Crippen molar-refractivity contribution in [1.29, 1.82) is 0 Å². The number of aromatic amines is 1. The quantitative estimate of drug-likeness (QED) is 0.317. The van der Waals surface area contributed by atoms with Gasteiger partial charge in [0, 0.05) is 10.7 Å². The van der Waals surface area contributed by atoms with Crippen LogP contribution in [0.3, 0.4) is 0 Å². The molecule has 0 radical (unpaired) electrons. The molecule has 3 aromatic heterocycles. The summed E-state index contributed by atoms with van der Waals surface area (Å²) in [6.07, 6.45) is 2.92. The summed E-state index contributed by atoms with van der Waals surface area (Å²) in [5, 5.41) is 4.21. The van der Waals surface area contributed by atoms with Crippen molar-refractivity contribution in [2.75, 3.05) is 5.32 Å². The maximum Gasteiger partial charge on any atom is 0.264 e. The molecular formula is C22H14Cl3FN6O. The first-order chi connectivity index (χ1) is 15.8. The van der Waals surface area contributed by atoms with E-state index in [2.05, 4.69) is 25.3 Å². The number of rotatable bonds is 4. The molecule has 0 spiro atoms. The Morgan fingerprint density at radius 2 is 1.91 bits per heavy atom. The first-order valence-electron chi connectivity index (χ1n) is 9.75. The summed E-state index contributed by atoms with van der Waals surface area (Å²) >= 11 is 18.8. The van der Waals surface area contributed by atoms with Crippen molar-refractivity contribution in [3.63, 3.8) is 0 Å². The standard InChI is InChI=1S/C22H14Cl3FN6O/c1-10(31-21-19-20(28-8-27-19)29-9-30-21)15-6-11-2-5-14(26)18(25)17(11)22(33)32(15)16-7-12(23)3-4-13(16)24/h2-10H,1H3,(H2,27,28,29,30,31)/t10-/m1/s1. The van der Waals surface area contributed by atoms with Crippen LogP contribution in [0.5, 0.6) is 0 Å². The van der Waals surface area contributed by atoms with Gasteiger partial charge >= 0.3 is 0 Å². The summed E-state index contributed by atoms with van der Waals surface area (Å²) < 4.78 is 15.6. The molecule has 7 nitrogen and oxygen atoms in total. The fourth-order valence-corrected chi connectivity index (χ4v) is 4.35. The van der Waals surface area contributed by atoms with E-state index in [0.29, 0.717) is 43.8 Å². The molecule has 0 saturated heterocycles. The molecule has 2 aromatic carbocycles. The van der Waals surface area contributed by atoms with Crippen molar-refractivity contribution in [3.05, 3.63) is 86.0 Å². The van der Waals surface area contributed by atoms with Gasteiger partial charge in [-0.2, -0.15) is 0 Å². The number of benzene rings is 2. The molecule has 3 heterocycles. The molecule has 0 bridgehead atoms. The lowest BCUT2D eigenvalue weighted by Gasteiger charge is -2.22. The van der Waals surface area contributed by atoms with E-state index in [0.717, 1.165) is 0 Å². The van der Waals surface area contributed by atoms with Gasteiger partial charge in [0.25, 0.3) is 5.56 Å². The zero-order chi connectivity index (χ0) is 23.3. The van der Waals surface area contributed by atoms with Crippen molar-refractivity contribution >= 4 is 62.6 Å². The number of hydrogen-bond donors (Lipinski definition) is 2. The van der Waals surface area contributed by atoms with Crippen LogP contribution in [0.4, 0.5) is 10.2 Å². The second kappa shape index (κ2) is 8.30. The summed E-state index contributed by atoms with van der Waals surface area (Å²) in [7, 11) is 0. The molecule has 0 fully saturated rings. The second-order valence-corrected chi connectivity index (χ2v) is 8.54. The molecule has 0 amide bonds. The number of aromatic nitrogens is 5. The van der Waals surface area contributed by atoms with Crippen molar-refractivity contribution in [2.45, 2.75) is 13.0 Å². The Morgan fingerprint density at radius 1 is 1.09 bits per heavy atom. The monoisotopic (exact) mass is 502 g/mol. The van der Waals surface area contributed by atoms with Crippen LogP contribution in [0.1, 0.15) is 18.7 Å². The molecule has 0 aliphatic heterocycles. The molecule has 33 heavy (non-hydrogen) atoms.